The van der Waals surface area contributed by atoms with Crippen molar-refractivity contribution in [1.29, 1.82) is 0 Å². The summed E-state index contributed by atoms with van der Waals surface area (Å²) < 4.78 is 45.6. The van der Waals surface area contributed by atoms with E-state index in [0.29, 0.717) is 25.1 Å². The number of nitrogens with zero attached hydrogens (tertiary/aromatic N) is 3. The molecule has 2 aromatic carbocycles. The molecule has 30 heavy (non-hydrogen) atoms. The molecule has 2 heterocycles. The quantitative estimate of drug-likeness (QED) is 0.666. The van der Waals surface area contributed by atoms with Gasteiger partial charge in [-0.2, -0.15) is 13.2 Å². The molecular weight excluding hydrogens is 393 g/mol. The van der Waals surface area contributed by atoms with Gasteiger partial charge in [-0.15, -0.1) is 0 Å². The summed E-state index contributed by atoms with van der Waals surface area (Å²) in [5.41, 5.74) is 2.37. The van der Waals surface area contributed by atoms with E-state index < -0.39 is 12.0 Å². The summed E-state index contributed by atoms with van der Waals surface area (Å²) in [5, 5.41) is 3.84. The highest BCUT2D eigenvalue weighted by molar-refractivity contribution is 5.89. The van der Waals surface area contributed by atoms with Crippen molar-refractivity contribution in [3.05, 3.63) is 65.5 Å². The molecule has 8 heteroatoms. The molecule has 1 atom stereocenters. The van der Waals surface area contributed by atoms with Gasteiger partial charge in [-0.3, -0.25) is 4.90 Å². The van der Waals surface area contributed by atoms with E-state index in [9.17, 15) is 13.2 Å². The number of nitrogens with one attached hydrogen (secondary N) is 1. The van der Waals surface area contributed by atoms with Crippen LogP contribution in [0.2, 0.25) is 0 Å². The zero-order valence-electron chi connectivity index (χ0n) is 16.6. The Hall–Kier alpha value is -2.71. The lowest BCUT2D eigenvalue weighted by molar-refractivity contribution is -0.144. The van der Waals surface area contributed by atoms with Crippen LogP contribution in [-0.4, -0.2) is 47.7 Å². The second-order valence-electron chi connectivity index (χ2n) is 7.43. The van der Waals surface area contributed by atoms with Crippen LogP contribution in [0.1, 0.15) is 23.0 Å². The average Bonchev–Trinajstić information content (AvgIpc) is 2.74. The summed E-state index contributed by atoms with van der Waals surface area (Å²) in [7, 11) is 0. The molecule has 0 bridgehead atoms. The van der Waals surface area contributed by atoms with Crippen LogP contribution >= 0.6 is 0 Å². The number of hydrogen-bond donors (Lipinski definition) is 1. The molecule has 3 aromatic rings. The minimum Gasteiger partial charge on any atom is -0.379 e. The monoisotopic (exact) mass is 416 g/mol. The summed E-state index contributed by atoms with van der Waals surface area (Å²) in [5.74, 6) is -0.954. The number of fused-ring (bicyclic) bond motifs is 1. The maximum Gasteiger partial charge on any atom is 0.451 e. The van der Waals surface area contributed by atoms with E-state index in [2.05, 4.69) is 20.2 Å². The van der Waals surface area contributed by atoms with Gasteiger partial charge in [0.1, 0.15) is 5.82 Å². The number of ether oxygens (including phenoxy) is 1. The molecule has 158 valence electrons. The van der Waals surface area contributed by atoms with Gasteiger partial charge in [-0.25, -0.2) is 9.97 Å². The Kier molecular flexibility index (Phi) is 5.87. The Labute approximate surface area is 172 Å². The molecule has 0 saturated carbocycles. The second-order valence-corrected chi connectivity index (χ2v) is 7.43. The topological polar surface area (TPSA) is 50.3 Å². The van der Waals surface area contributed by atoms with Crippen molar-refractivity contribution in [3.8, 4) is 0 Å². The predicted molar refractivity (Wildman–Crippen MR) is 109 cm³/mol. The predicted octanol–water partition coefficient (Wildman–Crippen LogP) is 4.44. The normalized spacial score (nSPS) is 16.5. The highest BCUT2D eigenvalue weighted by Crippen LogP contribution is 2.32. The molecule has 0 radical (unpaired) electrons. The molecule has 1 saturated heterocycles. The Bertz CT molecular complexity index is 1000. The van der Waals surface area contributed by atoms with Gasteiger partial charge < -0.3 is 10.1 Å². The van der Waals surface area contributed by atoms with Crippen LogP contribution in [0, 0.1) is 6.92 Å². The van der Waals surface area contributed by atoms with Crippen LogP contribution < -0.4 is 5.32 Å². The molecule has 1 N–H and O–H groups in total. The van der Waals surface area contributed by atoms with Crippen molar-refractivity contribution in [1.82, 2.24) is 14.9 Å². The first-order chi connectivity index (χ1) is 14.4. The van der Waals surface area contributed by atoms with E-state index in [1.807, 2.05) is 31.2 Å². The van der Waals surface area contributed by atoms with Crippen LogP contribution in [0.25, 0.3) is 10.9 Å². The van der Waals surface area contributed by atoms with E-state index in [1.54, 1.807) is 24.3 Å². The Morgan fingerprint density at radius 1 is 1.03 bits per heavy atom. The number of halogens is 3. The first kappa shape index (κ1) is 20.6. The molecule has 0 aliphatic carbocycles. The lowest BCUT2D eigenvalue weighted by atomic mass is 10.0. The summed E-state index contributed by atoms with van der Waals surface area (Å²) in [6.45, 7) is 5.49. The van der Waals surface area contributed by atoms with Crippen molar-refractivity contribution in [2.24, 2.45) is 0 Å². The number of benzene rings is 2. The number of aryl methyl sites for hydroxylation is 1. The third kappa shape index (κ3) is 4.71. The van der Waals surface area contributed by atoms with E-state index in [1.165, 1.54) is 0 Å². The third-order valence-electron chi connectivity index (χ3n) is 5.19. The fraction of sp³-hybridized carbons (Fsp3) is 0.364. The molecule has 4 rings (SSSR count). The molecular formula is C22H23F3N4O. The minimum atomic E-state index is -4.62. The number of alkyl halides is 3. The molecule has 1 unspecified atom stereocenters. The number of hydrogen-bond acceptors (Lipinski definition) is 5. The van der Waals surface area contributed by atoms with Crippen molar-refractivity contribution >= 4 is 16.7 Å². The van der Waals surface area contributed by atoms with Gasteiger partial charge in [0.05, 0.1) is 24.8 Å². The van der Waals surface area contributed by atoms with Crippen LogP contribution in [-0.2, 0) is 10.9 Å². The highest BCUT2D eigenvalue weighted by Gasteiger charge is 2.35. The molecule has 5 nitrogen and oxygen atoms in total. The van der Waals surface area contributed by atoms with Gasteiger partial charge in [0.2, 0.25) is 5.82 Å². The lowest BCUT2D eigenvalue weighted by Crippen LogP contribution is -2.40. The van der Waals surface area contributed by atoms with Crippen LogP contribution in [0.15, 0.2) is 48.5 Å². The van der Waals surface area contributed by atoms with Gasteiger partial charge in [-0.1, -0.05) is 42.0 Å². The van der Waals surface area contributed by atoms with E-state index >= 15 is 0 Å². The summed E-state index contributed by atoms with van der Waals surface area (Å²) in [6.07, 6.45) is -4.62. The zero-order valence-corrected chi connectivity index (χ0v) is 16.6. The van der Waals surface area contributed by atoms with Gasteiger partial charge in [0.15, 0.2) is 0 Å². The Morgan fingerprint density at radius 3 is 2.43 bits per heavy atom. The average molecular weight is 416 g/mol. The summed E-state index contributed by atoms with van der Waals surface area (Å²) in [4.78, 5) is 9.81. The first-order valence-corrected chi connectivity index (χ1v) is 9.87. The standard InChI is InChI=1S/C22H23F3N4O/c1-15-6-8-16(9-7-15)19(14-29-10-12-30-13-11-29)26-20-17-4-2-3-5-18(17)27-21(28-20)22(23,24)25/h2-9,19H,10-14H2,1H3,(H,26,27,28). The highest BCUT2D eigenvalue weighted by atomic mass is 19.4. The van der Waals surface area contributed by atoms with Crippen molar-refractivity contribution in [2.75, 3.05) is 38.2 Å². The molecule has 1 aliphatic heterocycles. The Morgan fingerprint density at radius 2 is 1.73 bits per heavy atom. The number of anilines is 1. The van der Waals surface area contributed by atoms with Gasteiger partial charge >= 0.3 is 6.18 Å². The SMILES string of the molecule is Cc1ccc(C(CN2CCOCC2)Nc2nc(C(F)(F)F)nc3ccccc23)cc1. The lowest BCUT2D eigenvalue weighted by Gasteiger charge is -2.31. The van der Waals surface area contributed by atoms with Crippen LogP contribution in [0.5, 0.6) is 0 Å². The number of aromatic nitrogens is 2. The number of rotatable bonds is 5. The third-order valence-corrected chi connectivity index (χ3v) is 5.19. The molecule has 0 spiro atoms. The Balaban J connectivity index is 1.72. The number of para-hydroxylation sites is 1. The van der Waals surface area contributed by atoms with E-state index in [0.717, 1.165) is 24.2 Å². The molecule has 0 amide bonds. The smallest absolute Gasteiger partial charge is 0.379 e. The van der Waals surface area contributed by atoms with Gasteiger partial charge in [-0.05, 0) is 24.6 Å². The first-order valence-electron chi connectivity index (χ1n) is 9.87. The van der Waals surface area contributed by atoms with Gasteiger partial charge in [0.25, 0.3) is 0 Å². The molecule has 1 aromatic heterocycles. The van der Waals surface area contributed by atoms with Crippen LogP contribution in [0.4, 0.5) is 19.0 Å². The minimum absolute atomic E-state index is 0.187. The van der Waals surface area contributed by atoms with Crippen molar-refractivity contribution in [2.45, 2.75) is 19.1 Å². The van der Waals surface area contributed by atoms with Crippen molar-refractivity contribution in [3.63, 3.8) is 0 Å². The number of morpholine rings is 1. The molecule has 1 aliphatic rings. The van der Waals surface area contributed by atoms with Crippen LogP contribution in [0.3, 0.4) is 0 Å². The zero-order chi connectivity index (χ0) is 21.1. The van der Waals surface area contributed by atoms with E-state index in [4.69, 9.17) is 4.74 Å². The molecule has 1 fully saturated rings. The largest absolute Gasteiger partial charge is 0.451 e. The summed E-state index contributed by atoms with van der Waals surface area (Å²) >= 11 is 0. The second kappa shape index (κ2) is 8.57. The van der Waals surface area contributed by atoms with E-state index in [-0.39, 0.29) is 17.4 Å². The van der Waals surface area contributed by atoms with Gasteiger partial charge in [0, 0.05) is 25.0 Å². The fourth-order valence-corrected chi connectivity index (χ4v) is 3.55. The van der Waals surface area contributed by atoms with Crippen molar-refractivity contribution < 1.29 is 17.9 Å². The maximum absolute atomic E-state index is 13.4. The maximum atomic E-state index is 13.4. The fourth-order valence-electron chi connectivity index (χ4n) is 3.55. The summed E-state index contributed by atoms with van der Waals surface area (Å²) in [6, 6.07) is 14.5.